The van der Waals surface area contributed by atoms with Crippen molar-refractivity contribution in [1.29, 1.82) is 0 Å². The molecule has 144 valence electrons. The highest BCUT2D eigenvalue weighted by molar-refractivity contribution is 7.87. The highest BCUT2D eigenvalue weighted by atomic mass is 32.2. The summed E-state index contributed by atoms with van der Waals surface area (Å²) in [7, 11) is -0.885. The molecule has 0 amide bonds. The van der Waals surface area contributed by atoms with Gasteiger partial charge in [-0.2, -0.15) is 13.5 Å². The average molecular weight is 408 g/mol. The third-order valence-electron chi connectivity index (χ3n) is 3.61. The lowest BCUT2D eigenvalue weighted by Gasteiger charge is -2.13. The molecule has 27 heavy (non-hydrogen) atoms. The summed E-state index contributed by atoms with van der Waals surface area (Å²) in [4.78, 5) is 0.125. The summed E-state index contributed by atoms with van der Waals surface area (Å²) >= 11 is 4.92. The van der Waals surface area contributed by atoms with Gasteiger partial charge in [0, 0.05) is 7.05 Å². The van der Waals surface area contributed by atoms with E-state index in [9.17, 15) is 8.42 Å². The highest BCUT2D eigenvalue weighted by Crippen LogP contribution is 2.31. The van der Waals surface area contributed by atoms with Gasteiger partial charge in [0.25, 0.3) is 0 Å². The molecule has 9 heteroatoms. The van der Waals surface area contributed by atoms with Gasteiger partial charge >= 0.3 is 10.1 Å². The zero-order chi connectivity index (χ0) is 20.0. The third-order valence-corrected chi connectivity index (χ3v) is 5.28. The molecular weight excluding hydrogens is 386 g/mol. The Balaban J connectivity index is 2.28. The lowest BCUT2D eigenvalue weighted by Crippen LogP contribution is -2.28. The maximum absolute atomic E-state index is 12.7. The second kappa shape index (κ2) is 8.83. The zero-order valence-electron chi connectivity index (χ0n) is 15.4. The Morgan fingerprint density at radius 1 is 1.15 bits per heavy atom. The van der Waals surface area contributed by atoms with E-state index in [4.69, 9.17) is 21.1 Å². The van der Waals surface area contributed by atoms with Crippen LogP contribution < -0.4 is 19.7 Å². The van der Waals surface area contributed by atoms with E-state index >= 15 is 0 Å². The summed E-state index contributed by atoms with van der Waals surface area (Å²) in [5.41, 5.74) is 4.74. The minimum absolute atomic E-state index is 0.0919. The van der Waals surface area contributed by atoms with Crippen molar-refractivity contribution in [1.82, 2.24) is 10.7 Å². The molecule has 0 heterocycles. The van der Waals surface area contributed by atoms with Gasteiger partial charge in [-0.25, -0.2) is 0 Å². The van der Waals surface area contributed by atoms with E-state index in [-0.39, 0.29) is 16.4 Å². The molecule has 2 N–H and O–H groups in total. The van der Waals surface area contributed by atoms with Gasteiger partial charge in [-0.1, -0.05) is 12.1 Å². The first-order valence-corrected chi connectivity index (χ1v) is 9.79. The zero-order valence-corrected chi connectivity index (χ0v) is 17.1. The van der Waals surface area contributed by atoms with Crippen LogP contribution in [-0.4, -0.2) is 33.9 Å². The molecule has 0 unspecified atom stereocenters. The van der Waals surface area contributed by atoms with E-state index in [0.29, 0.717) is 16.2 Å². The van der Waals surface area contributed by atoms with Crippen LogP contribution in [-0.2, 0) is 10.1 Å². The highest BCUT2D eigenvalue weighted by Gasteiger charge is 2.21. The van der Waals surface area contributed by atoms with Gasteiger partial charge in [0.15, 0.2) is 16.6 Å². The number of rotatable bonds is 6. The molecule has 0 aliphatic carbocycles. The van der Waals surface area contributed by atoms with Crippen LogP contribution in [0.4, 0.5) is 0 Å². The Hall–Kier alpha value is -2.65. The first-order chi connectivity index (χ1) is 12.8. The summed E-state index contributed by atoms with van der Waals surface area (Å²) < 4.78 is 35.9. The number of hydrazone groups is 1. The lowest BCUT2D eigenvalue weighted by atomic mass is 10.2. The molecule has 0 bridgehead atoms. The molecule has 0 atom stereocenters. The predicted molar refractivity (Wildman–Crippen MR) is 109 cm³/mol. The summed E-state index contributed by atoms with van der Waals surface area (Å²) in [6.07, 6.45) is 1.52. The van der Waals surface area contributed by atoms with Crippen LogP contribution in [0.15, 0.2) is 46.4 Å². The minimum atomic E-state index is -3.99. The van der Waals surface area contributed by atoms with Crippen molar-refractivity contribution in [3.05, 3.63) is 53.1 Å². The average Bonchev–Trinajstić information content (AvgIpc) is 2.64. The molecule has 0 saturated carbocycles. The third kappa shape index (κ3) is 5.41. The molecule has 0 spiro atoms. The Morgan fingerprint density at radius 2 is 1.89 bits per heavy atom. The number of thiocarbonyl (C=S) groups is 1. The van der Waals surface area contributed by atoms with Crippen molar-refractivity contribution < 1.29 is 17.3 Å². The standard InChI is InChI=1S/C18H21N3O4S2/c1-12-5-6-13(2)17(9-12)27(22,23)25-15-8-7-14(10-16(15)24-4)11-20-21-18(26)19-3/h5-11H,1-4H3,(H2,19,21,26)/b20-11+. The minimum Gasteiger partial charge on any atom is -0.493 e. The second-order valence-corrected chi connectivity index (χ2v) is 7.59. The van der Waals surface area contributed by atoms with E-state index in [1.54, 1.807) is 38.2 Å². The first-order valence-electron chi connectivity index (χ1n) is 7.97. The summed E-state index contributed by atoms with van der Waals surface area (Å²) in [5, 5.41) is 7.07. The number of hydrogen-bond acceptors (Lipinski definition) is 6. The van der Waals surface area contributed by atoms with Gasteiger partial charge in [-0.15, -0.1) is 0 Å². The number of ether oxygens (including phenoxy) is 1. The van der Waals surface area contributed by atoms with Crippen molar-refractivity contribution >= 4 is 33.7 Å². The maximum Gasteiger partial charge on any atom is 0.339 e. The number of nitrogens with zero attached hydrogens (tertiary/aromatic N) is 1. The van der Waals surface area contributed by atoms with E-state index in [1.807, 2.05) is 13.0 Å². The molecule has 0 saturated heterocycles. The number of hydrogen-bond donors (Lipinski definition) is 2. The van der Waals surface area contributed by atoms with Crippen LogP contribution in [0.2, 0.25) is 0 Å². The Bertz CT molecular complexity index is 973. The summed E-state index contributed by atoms with van der Waals surface area (Å²) in [5.74, 6) is 0.360. The normalized spacial score (nSPS) is 11.3. The smallest absolute Gasteiger partial charge is 0.339 e. The number of aryl methyl sites for hydroxylation is 2. The maximum atomic E-state index is 12.7. The SMILES string of the molecule is CNC(=S)N/N=C/c1ccc(OS(=O)(=O)c2cc(C)ccc2C)c(OC)c1. The monoisotopic (exact) mass is 407 g/mol. The molecule has 2 rings (SSSR count). The van der Waals surface area contributed by atoms with Gasteiger partial charge in [0.1, 0.15) is 4.90 Å². The molecule has 0 aliphatic heterocycles. The number of methoxy groups -OCH3 is 1. The van der Waals surface area contributed by atoms with Gasteiger partial charge < -0.3 is 14.2 Å². The Kier molecular flexibility index (Phi) is 6.75. The van der Waals surface area contributed by atoms with E-state index < -0.39 is 10.1 Å². The molecule has 2 aromatic rings. The van der Waals surface area contributed by atoms with Crippen LogP contribution in [0.5, 0.6) is 11.5 Å². The molecule has 0 aliphatic rings. The Morgan fingerprint density at radius 3 is 2.56 bits per heavy atom. The fourth-order valence-electron chi connectivity index (χ4n) is 2.19. The van der Waals surface area contributed by atoms with E-state index in [0.717, 1.165) is 5.56 Å². The van der Waals surface area contributed by atoms with Crippen molar-refractivity contribution in [3.8, 4) is 11.5 Å². The molecule has 0 fully saturated rings. The summed E-state index contributed by atoms with van der Waals surface area (Å²) in [6, 6.07) is 9.95. The van der Waals surface area contributed by atoms with Crippen LogP contribution >= 0.6 is 12.2 Å². The predicted octanol–water partition coefficient (Wildman–Crippen LogP) is 2.51. The van der Waals surface area contributed by atoms with Gasteiger partial charge in [-0.05, 0) is 67.0 Å². The fourth-order valence-corrected chi connectivity index (χ4v) is 3.50. The van der Waals surface area contributed by atoms with Crippen molar-refractivity contribution in [2.45, 2.75) is 18.7 Å². The van der Waals surface area contributed by atoms with Crippen molar-refractivity contribution in [2.75, 3.05) is 14.2 Å². The number of benzene rings is 2. The molecule has 0 aromatic heterocycles. The largest absolute Gasteiger partial charge is 0.493 e. The van der Waals surface area contributed by atoms with Crippen LogP contribution in [0.25, 0.3) is 0 Å². The quantitative estimate of drug-likeness (QED) is 0.329. The van der Waals surface area contributed by atoms with E-state index in [1.165, 1.54) is 19.4 Å². The van der Waals surface area contributed by atoms with Crippen molar-refractivity contribution in [2.24, 2.45) is 5.10 Å². The topological polar surface area (TPSA) is 89.0 Å². The van der Waals surface area contributed by atoms with E-state index in [2.05, 4.69) is 15.8 Å². The lowest BCUT2D eigenvalue weighted by molar-refractivity contribution is 0.390. The fraction of sp³-hybridized carbons (Fsp3) is 0.222. The molecule has 7 nitrogen and oxygen atoms in total. The van der Waals surface area contributed by atoms with Gasteiger partial charge in [0.05, 0.1) is 13.3 Å². The summed E-state index contributed by atoms with van der Waals surface area (Å²) in [6.45, 7) is 3.54. The molecule has 2 aromatic carbocycles. The van der Waals surface area contributed by atoms with Crippen LogP contribution in [0.3, 0.4) is 0 Å². The van der Waals surface area contributed by atoms with Gasteiger partial charge in [0.2, 0.25) is 0 Å². The first kappa shape index (κ1) is 20.7. The van der Waals surface area contributed by atoms with Crippen LogP contribution in [0.1, 0.15) is 16.7 Å². The second-order valence-electron chi connectivity index (χ2n) is 5.67. The Labute approximate surface area is 164 Å². The van der Waals surface area contributed by atoms with Crippen LogP contribution in [0, 0.1) is 13.8 Å². The molecular formula is C18H21N3O4S2. The molecule has 0 radical (unpaired) electrons. The van der Waals surface area contributed by atoms with Crippen molar-refractivity contribution in [3.63, 3.8) is 0 Å². The number of nitrogens with one attached hydrogen (secondary N) is 2. The van der Waals surface area contributed by atoms with Gasteiger partial charge in [-0.3, -0.25) is 5.43 Å².